The molecule has 0 radical (unpaired) electrons. The van der Waals surface area contributed by atoms with Crippen LogP contribution in [0.15, 0.2) is 24.3 Å². The van der Waals surface area contributed by atoms with E-state index >= 15 is 0 Å². The van der Waals surface area contributed by atoms with Crippen molar-refractivity contribution in [1.82, 2.24) is 0 Å². The van der Waals surface area contributed by atoms with Crippen LogP contribution in [0, 0.1) is 5.92 Å². The van der Waals surface area contributed by atoms with Gasteiger partial charge in [0.2, 0.25) is 0 Å². The lowest BCUT2D eigenvalue weighted by atomic mass is 9.82. The van der Waals surface area contributed by atoms with Gasteiger partial charge < -0.3 is 10.6 Å². The fourth-order valence-corrected chi connectivity index (χ4v) is 4.00. The van der Waals surface area contributed by atoms with Gasteiger partial charge in [-0.05, 0) is 43.2 Å². The summed E-state index contributed by atoms with van der Waals surface area (Å²) in [5.41, 5.74) is 9.12. The van der Waals surface area contributed by atoms with E-state index in [1.54, 1.807) is 0 Å². The highest BCUT2D eigenvalue weighted by molar-refractivity contribution is 5.56. The molecule has 1 aliphatic heterocycles. The van der Waals surface area contributed by atoms with Gasteiger partial charge in [-0.25, -0.2) is 0 Å². The zero-order valence-electron chi connectivity index (χ0n) is 11.9. The summed E-state index contributed by atoms with van der Waals surface area (Å²) in [4.78, 5) is 2.62. The molecule has 0 saturated heterocycles. The molecule has 1 fully saturated rings. The number of aryl methyl sites for hydroxylation is 1. The first kappa shape index (κ1) is 13.0. The van der Waals surface area contributed by atoms with E-state index in [0.29, 0.717) is 6.04 Å². The van der Waals surface area contributed by atoms with Gasteiger partial charge >= 0.3 is 0 Å². The second-order valence-corrected chi connectivity index (χ2v) is 6.13. The maximum absolute atomic E-state index is 6.15. The van der Waals surface area contributed by atoms with Crippen LogP contribution in [-0.2, 0) is 6.42 Å². The molecule has 1 aromatic carbocycles. The van der Waals surface area contributed by atoms with E-state index in [4.69, 9.17) is 5.73 Å². The van der Waals surface area contributed by atoms with Crippen molar-refractivity contribution in [2.45, 2.75) is 51.0 Å². The molecule has 1 aromatic rings. The molecule has 0 bridgehead atoms. The average molecular weight is 258 g/mol. The van der Waals surface area contributed by atoms with Crippen LogP contribution in [0.5, 0.6) is 0 Å². The Kier molecular flexibility index (Phi) is 4.07. The molecular weight excluding hydrogens is 232 g/mol. The van der Waals surface area contributed by atoms with Crippen molar-refractivity contribution >= 4 is 5.69 Å². The lowest BCUT2D eigenvalue weighted by molar-refractivity contribution is 0.294. The van der Waals surface area contributed by atoms with E-state index in [2.05, 4.69) is 29.2 Å². The molecule has 2 nitrogen and oxygen atoms in total. The highest BCUT2D eigenvalue weighted by Crippen LogP contribution is 2.34. The number of nitrogens with two attached hydrogens (primary N) is 1. The molecule has 0 spiro atoms. The lowest BCUT2D eigenvalue weighted by Crippen LogP contribution is -2.48. The monoisotopic (exact) mass is 258 g/mol. The van der Waals surface area contributed by atoms with Crippen LogP contribution >= 0.6 is 0 Å². The van der Waals surface area contributed by atoms with Crippen molar-refractivity contribution in [3.63, 3.8) is 0 Å². The van der Waals surface area contributed by atoms with E-state index in [0.717, 1.165) is 12.5 Å². The highest BCUT2D eigenvalue weighted by Gasteiger charge is 2.30. The van der Waals surface area contributed by atoms with Gasteiger partial charge in [0.15, 0.2) is 0 Å². The van der Waals surface area contributed by atoms with Crippen molar-refractivity contribution in [2.24, 2.45) is 11.7 Å². The van der Waals surface area contributed by atoms with Crippen molar-refractivity contribution < 1.29 is 0 Å². The third-order valence-electron chi connectivity index (χ3n) is 4.98. The first-order chi connectivity index (χ1) is 9.40. The summed E-state index contributed by atoms with van der Waals surface area (Å²) >= 11 is 0. The first-order valence-electron chi connectivity index (χ1n) is 7.95. The van der Waals surface area contributed by atoms with Crippen LogP contribution in [0.25, 0.3) is 0 Å². The minimum absolute atomic E-state index is 0.557. The van der Waals surface area contributed by atoms with Crippen molar-refractivity contribution in [1.29, 1.82) is 0 Å². The van der Waals surface area contributed by atoms with Gasteiger partial charge in [-0.15, -0.1) is 0 Å². The van der Waals surface area contributed by atoms with E-state index < -0.39 is 0 Å². The molecule has 1 heterocycles. The van der Waals surface area contributed by atoms with E-state index in [1.165, 1.54) is 62.7 Å². The molecule has 0 aromatic heterocycles. The Balaban J connectivity index is 1.83. The Bertz CT molecular complexity index is 409. The SMILES string of the molecule is NCC(C1CCCCC1)N1CCCc2ccccc21. The minimum Gasteiger partial charge on any atom is -0.367 e. The fraction of sp³-hybridized carbons (Fsp3) is 0.647. The number of hydrogen-bond acceptors (Lipinski definition) is 2. The van der Waals surface area contributed by atoms with Gasteiger partial charge in [-0.1, -0.05) is 37.5 Å². The normalized spacial score (nSPS) is 22.1. The predicted molar refractivity (Wildman–Crippen MR) is 81.5 cm³/mol. The minimum atomic E-state index is 0.557. The number of anilines is 1. The summed E-state index contributed by atoms with van der Waals surface area (Å²) < 4.78 is 0. The summed E-state index contributed by atoms with van der Waals surface area (Å²) in [7, 11) is 0. The number of fused-ring (bicyclic) bond motifs is 1. The molecule has 1 aliphatic carbocycles. The molecule has 1 atom stereocenters. The smallest absolute Gasteiger partial charge is 0.0440 e. The number of rotatable bonds is 3. The second kappa shape index (κ2) is 5.96. The third kappa shape index (κ3) is 2.64. The molecule has 3 rings (SSSR count). The van der Waals surface area contributed by atoms with E-state index in [-0.39, 0.29) is 0 Å². The lowest BCUT2D eigenvalue weighted by Gasteiger charge is -2.42. The Hall–Kier alpha value is -1.02. The van der Waals surface area contributed by atoms with Crippen LogP contribution < -0.4 is 10.6 Å². The average Bonchev–Trinajstić information content (AvgIpc) is 2.49. The van der Waals surface area contributed by atoms with Crippen LogP contribution in [0.3, 0.4) is 0 Å². The molecule has 1 unspecified atom stereocenters. The maximum Gasteiger partial charge on any atom is 0.0440 e. The Morgan fingerprint density at radius 2 is 1.89 bits per heavy atom. The summed E-state index contributed by atoms with van der Waals surface area (Å²) in [6, 6.07) is 9.48. The van der Waals surface area contributed by atoms with Gasteiger partial charge in [0.1, 0.15) is 0 Å². The quantitative estimate of drug-likeness (QED) is 0.901. The Labute approximate surface area is 117 Å². The molecular formula is C17H26N2. The number of para-hydroxylation sites is 1. The molecule has 2 aliphatic rings. The van der Waals surface area contributed by atoms with Crippen LogP contribution in [0.4, 0.5) is 5.69 Å². The van der Waals surface area contributed by atoms with Crippen molar-refractivity contribution in [3.8, 4) is 0 Å². The molecule has 1 saturated carbocycles. The molecule has 19 heavy (non-hydrogen) atoms. The number of nitrogens with zero attached hydrogens (tertiary/aromatic N) is 1. The van der Waals surface area contributed by atoms with Gasteiger partial charge in [-0.2, -0.15) is 0 Å². The second-order valence-electron chi connectivity index (χ2n) is 6.13. The largest absolute Gasteiger partial charge is 0.367 e. The van der Waals surface area contributed by atoms with Crippen molar-refractivity contribution in [2.75, 3.05) is 18.0 Å². The first-order valence-corrected chi connectivity index (χ1v) is 7.95. The molecule has 0 amide bonds. The summed E-state index contributed by atoms with van der Waals surface area (Å²) in [6.45, 7) is 1.99. The standard InChI is InChI=1S/C17H26N2/c18-13-17(15-7-2-1-3-8-15)19-12-6-10-14-9-4-5-11-16(14)19/h4-5,9,11,15,17H,1-3,6-8,10,12-13,18H2. The molecule has 104 valence electrons. The maximum atomic E-state index is 6.15. The van der Waals surface area contributed by atoms with E-state index in [9.17, 15) is 0 Å². The predicted octanol–water partition coefficient (Wildman–Crippen LogP) is 3.35. The fourth-order valence-electron chi connectivity index (χ4n) is 4.00. The van der Waals surface area contributed by atoms with Crippen LogP contribution in [0.2, 0.25) is 0 Å². The zero-order valence-corrected chi connectivity index (χ0v) is 11.9. The highest BCUT2D eigenvalue weighted by atomic mass is 15.2. The molecule has 2 N–H and O–H groups in total. The summed E-state index contributed by atoms with van der Waals surface area (Å²) in [6.07, 6.45) is 9.48. The van der Waals surface area contributed by atoms with Crippen LogP contribution in [0.1, 0.15) is 44.1 Å². The van der Waals surface area contributed by atoms with Gasteiger partial charge in [0.05, 0.1) is 0 Å². The van der Waals surface area contributed by atoms with Gasteiger partial charge in [0, 0.05) is 24.8 Å². The van der Waals surface area contributed by atoms with Crippen LogP contribution in [-0.4, -0.2) is 19.1 Å². The Morgan fingerprint density at radius 1 is 1.11 bits per heavy atom. The van der Waals surface area contributed by atoms with E-state index in [1.807, 2.05) is 0 Å². The Morgan fingerprint density at radius 3 is 2.68 bits per heavy atom. The third-order valence-corrected chi connectivity index (χ3v) is 4.98. The molecule has 2 heteroatoms. The van der Waals surface area contributed by atoms with Gasteiger partial charge in [-0.3, -0.25) is 0 Å². The topological polar surface area (TPSA) is 29.3 Å². The summed E-state index contributed by atoms with van der Waals surface area (Å²) in [5.74, 6) is 0.810. The number of benzene rings is 1. The zero-order chi connectivity index (χ0) is 13.1. The van der Waals surface area contributed by atoms with Crippen molar-refractivity contribution in [3.05, 3.63) is 29.8 Å². The number of hydrogen-bond donors (Lipinski definition) is 1. The van der Waals surface area contributed by atoms with Gasteiger partial charge in [0.25, 0.3) is 0 Å². The summed E-state index contributed by atoms with van der Waals surface area (Å²) in [5, 5.41) is 0.